The highest BCUT2D eigenvalue weighted by Gasteiger charge is 2.13. The number of esters is 1. The number of benzene rings is 1. The fourth-order valence-electron chi connectivity index (χ4n) is 2.29. The van der Waals surface area contributed by atoms with E-state index in [0.717, 1.165) is 38.4 Å². The Bertz CT molecular complexity index is 559. The SMILES string of the molecule is COC(=O)CCC(=O)Nc1ccc(CN2CCOCC2)c(Cl)c1. The molecule has 0 bridgehead atoms. The molecule has 0 aliphatic carbocycles. The number of hydrogen-bond donors (Lipinski definition) is 1. The first-order valence-electron chi connectivity index (χ1n) is 7.53. The van der Waals surface area contributed by atoms with Crippen molar-refractivity contribution in [1.82, 2.24) is 4.90 Å². The summed E-state index contributed by atoms with van der Waals surface area (Å²) in [5.41, 5.74) is 1.64. The van der Waals surface area contributed by atoms with Gasteiger partial charge in [-0.25, -0.2) is 0 Å². The van der Waals surface area contributed by atoms with Gasteiger partial charge in [-0.05, 0) is 17.7 Å². The van der Waals surface area contributed by atoms with Gasteiger partial charge in [-0.15, -0.1) is 0 Å². The standard InChI is InChI=1S/C16H21ClN2O4/c1-22-16(21)5-4-15(20)18-13-3-2-12(14(17)10-13)11-19-6-8-23-9-7-19/h2-3,10H,4-9,11H2,1H3,(H,18,20). The van der Waals surface area contributed by atoms with Crippen LogP contribution in [0.15, 0.2) is 18.2 Å². The lowest BCUT2D eigenvalue weighted by molar-refractivity contribution is -0.141. The lowest BCUT2D eigenvalue weighted by Crippen LogP contribution is -2.35. The molecule has 0 unspecified atom stereocenters. The Morgan fingerprint density at radius 1 is 1.30 bits per heavy atom. The van der Waals surface area contributed by atoms with Crippen molar-refractivity contribution in [3.05, 3.63) is 28.8 Å². The highest BCUT2D eigenvalue weighted by atomic mass is 35.5. The molecule has 23 heavy (non-hydrogen) atoms. The van der Waals surface area contributed by atoms with Crippen molar-refractivity contribution >= 4 is 29.2 Å². The zero-order chi connectivity index (χ0) is 16.7. The Hall–Kier alpha value is -1.63. The minimum absolute atomic E-state index is 0.0607. The second-order valence-corrected chi connectivity index (χ2v) is 5.73. The summed E-state index contributed by atoms with van der Waals surface area (Å²) in [5.74, 6) is -0.647. The van der Waals surface area contributed by atoms with Crippen molar-refractivity contribution in [2.24, 2.45) is 0 Å². The van der Waals surface area contributed by atoms with E-state index in [9.17, 15) is 9.59 Å². The van der Waals surface area contributed by atoms with Crippen molar-refractivity contribution < 1.29 is 19.1 Å². The highest BCUT2D eigenvalue weighted by Crippen LogP contribution is 2.23. The summed E-state index contributed by atoms with van der Waals surface area (Å²) in [4.78, 5) is 25.1. The van der Waals surface area contributed by atoms with Crippen LogP contribution in [0.3, 0.4) is 0 Å². The summed E-state index contributed by atoms with van der Waals surface area (Å²) in [6, 6.07) is 5.46. The molecule has 1 aliphatic heterocycles. The van der Waals surface area contributed by atoms with Crippen LogP contribution in [0.2, 0.25) is 5.02 Å². The molecule has 7 heteroatoms. The third-order valence-electron chi connectivity index (χ3n) is 3.62. The van der Waals surface area contributed by atoms with Gasteiger partial charge in [0.25, 0.3) is 0 Å². The lowest BCUT2D eigenvalue weighted by atomic mass is 10.1. The molecule has 0 spiro atoms. The molecule has 126 valence electrons. The van der Waals surface area contributed by atoms with Crippen LogP contribution in [0, 0.1) is 0 Å². The number of rotatable bonds is 6. The molecular weight excluding hydrogens is 320 g/mol. The summed E-state index contributed by atoms with van der Waals surface area (Å²) in [6.45, 7) is 4.03. The summed E-state index contributed by atoms with van der Waals surface area (Å²) in [7, 11) is 1.30. The van der Waals surface area contributed by atoms with E-state index in [1.165, 1.54) is 7.11 Å². The predicted octanol–water partition coefficient (Wildman–Crippen LogP) is 2.06. The number of hydrogen-bond acceptors (Lipinski definition) is 5. The molecule has 1 aromatic carbocycles. The van der Waals surface area contributed by atoms with Crippen molar-refractivity contribution in [3.63, 3.8) is 0 Å². The normalized spacial score (nSPS) is 15.2. The number of carbonyl (C=O) groups is 2. The van der Waals surface area contributed by atoms with Crippen molar-refractivity contribution in [3.8, 4) is 0 Å². The largest absolute Gasteiger partial charge is 0.469 e. The number of anilines is 1. The number of ether oxygens (including phenoxy) is 2. The highest BCUT2D eigenvalue weighted by molar-refractivity contribution is 6.31. The van der Waals surface area contributed by atoms with Crippen LogP contribution in [0.4, 0.5) is 5.69 Å². The maximum atomic E-state index is 11.8. The molecule has 0 saturated carbocycles. The van der Waals surface area contributed by atoms with E-state index in [2.05, 4.69) is 15.0 Å². The third-order valence-corrected chi connectivity index (χ3v) is 3.97. The van der Waals surface area contributed by atoms with Gasteiger partial charge in [0.05, 0.1) is 26.7 Å². The average Bonchev–Trinajstić information content (AvgIpc) is 2.56. The van der Waals surface area contributed by atoms with Gasteiger partial charge in [-0.2, -0.15) is 0 Å². The summed E-state index contributed by atoms with van der Waals surface area (Å²) in [6.07, 6.45) is 0.144. The van der Waals surface area contributed by atoms with E-state index in [1.807, 2.05) is 12.1 Å². The second kappa shape index (κ2) is 8.86. The van der Waals surface area contributed by atoms with Gasteiger partial charge in [0.15, 0.2) is 0 Å². The molecular formula is C16H21ClN2O4. The van der Waals surface area contributed by atoms with Gasteiger partial charge in [0, 0.05) is 36.8 Å². The molecule has 1 aromatic rings. The van der Waals surface area contributed by atoms with Crippen molar-refractivity contribution in [2.75, 3.05) is 38.7 Å². The topological polar surface area (TPSA) is 67.9 Å². The fraction of sp³-hybridized carbons (Fsp3) is 0.500. The monoisotopic (exact) mass is 340 g/mol. The second-order valence-electron chi connectivity index (χ2n) is 5.32. The van der Waals surface area contributed by atoms with E-state index in [0.29, 0.717) is 10.7 Å². The Balaban J connectivity index is 1.88. The quantitative estimate of drug-likeness (QED) is 0.803. The number of morpholine rings is 1. The first-order valence-corrected chi connectivity index (χ1v) is 7.91. The Labute approximate surface area is 140 Å². The van der Waals surface area contributed by atoms with E-state index in [-0.39, 0.29) is 18.7 Å². The van der Waals surface area contributed by atoms with Crippen LogP contribution in [0.1, 0.15) is 18.4 Å². The Morgan fingerprint density at radius 3 is 2.70 bits per heavy atom. The maximum Gasteiger partial charge on any atom is 0.306 e. The maximum absolute atomic E-state index is 11.8. The first-order chi connectivity index (χ1) is 11.1. The van der Waals surface area contributed by atoms with Gasteiger partial charge in [0.2, 0.25) is 5.91 Å². The minimum atomic E-state index is -0.404. The van der Waals surface area contributed by atoms with E-state index >= 15 is 0 Å². The number of nitrogens with one attached hydrogen (secondary N) is 1. The molecule has 0 aromatic heterocycles. The van der Waals surface area contributed by atoms with Crippen LogP contribution in [-0.2, 0) is 25.6 Å². The number of halogens is 1. The molecule has 1 fully saturated rings. The molecule has 1 saturated heterocycles. The van der Waals surface area contributed by atoms with Gasteiger partial charge >= 0.3 is 5.97 Å². The summed E-state index contributed by atoms with van der Waals surface area (Å²) in [5, 5.41) is 3.34. The van der Waals surface area contributed by atoms with Crippen LogP contribution in [0.5, 0.6) is 0 Å². The Morgan fingerprint density at radius 2 is 2.04 bits per heavy atom. The minimum Gasteiger partial charge on any atom is -0.469 e. The number of amides is 1. The Kier molecular flexibility index (Phi) is 6.83. The molecule has 6 nitrogen and oxygen atoms in total. The van der Waals surface area contributed by atoms with E-state index < -0.39 is 5.97 Å². The summed E-state index contributed by atoms with van der Waals surface area (Å²) >= 11 is 6.30. The van der Waals surface area contributed by atoms with Gasteiger partial charge in [-0.1, -0.05) is 17.7 Å². The average molecular weight is 341 g/mol. The lowest BCUT2D eigenvalue weighted by Gasteiger charge is -2.27. The van der Waals surface area contributed by atoms with Crippen molar-refractivity contribution in [1.29, 1.82) is 0 Å². The molecule has 1 aliphatic rings. The fourth-order valence-corrected chi connectivity index (χ4v) is 2.53. The first kappa shape index (κ1) is 17.7. The van der Waals surface area contributed by atoms with Crippen LogP contribution >= 0.6 is 11.6 Å². The number of nitrogens with zero attached hydrogens (tertiary/aromatic N) is 1. The van der Waals surface area contributed by atoms with Crippen molar-refractivity contribution in [2.45, 2.75) is 19.4 Å². The van der Waals surface area contributed by atoms with Crippen LogP contribution in [0.25, 0.3) is 0 Å². The molecule has 0 atom stereocenters. The van der Waals surface area contributed by atoms with Crippen LogP contribution < -0.4 is 5.32 Å². The number of methoxy groups -OCH3 is 1. The molecule has 1 heterocycles. The molecule has 0 radical (unpaired) electrons. The summed E-state index contributed by atoms with van der Waals surface area (Å²) < 4.78 is 9.83. The van der Waals surface area contributed by atoms with Gasteiger partial charge in [-0.3, -0.25) is 14.5 Å². The predicted molar refractivity (Wildman–Crippen MR) is 87.4 cm³/mol. The van der Waals surface area contributed by atoms with E-state index in [4.69, 9.17) is 16.3 Å². The molecule has 2 rings (SSSR count). The third kappa shape index (κ3) is 5.82. The van der Waals surface area contributed by atoms with E-state index in [1.54, 1.807) is 6.07 Å². The molecule has 1 N–H and O–H groups in total. The van der Waals surface area contributed by atoms with Gasteiger partial charge in [0.1, 0.15) is 0 Å². The van der Waals surface area contributed by atoms with Gasteiger partial charge < -0.3 is 14.8 Å². The van der Waals surface area contributed by atoms with Crippen LogP contribution in [-0.4, -0.2) is 50.2 Å². The molecule has 1 amide bonds. The number of carbonyl (C=O) groups excluding carboxylic acids is 2. The smallest absolute Gasteiger partial charge is 0.306 e. The zero-order valence-corrected chi connectivity index (χ0v) is 13.9. The zero-order valence-electron chi connectivity index (χ0n) is 13.1.